The van der Waals surface area contributed by atoms with E-state index in [0.29, 0.717) is 5.56 Å². The topological polar surface area (TPSA) is 46.2 Å². The van der Waals surface area contributed by atoms with E-state index < -0.39 is 0 Å². The summed E-state index contributed by atoms with van der Waals surface area (Å²) in [4.78, 5) is 21.9. The Morgan fingerprint density at radius 3 is 2.07 bits per heavy atom. The molecule has 1 N–H and O–H groups in total. The number of hydrogen-bond acceptors (Lipinski definition) is 2. The smallest absolute Gasteiger partial charge is 0.217 e. The van der Waals surface area contributed by atoms with Crippen LogP contribution in [-0.4, -0.2) is 11.7 Å². The lowest BCUT2D eigenvalue weighted by Crippen LogP contribution is -2.23. The van der Waals surface area contributed by atoms with Crippen molar-refractivity contribution in [2.24, 2.45) is 0 Å². The molecule has 0 bridgehead atoms. The molecule has 3 nitrogen and oxygen atoms in total. The van der Waals surface area contributed by atoms with Crippen molar-refractivity contribution in [2.75, 3.05) is 0 Å². The lowest BCUT2D eigenvalue weighted by molar-refractivity contribution is -0.119. The second-order valence-corrected chi connectivity index (χ2v) is 3.60. The van der Waals surface area contributed by atoms with Crippen molar-refractivity contribution >= 4 is 11.7 Å². The van der Waals surface area contributed by atoms with Gasteiger partial charge in [0, 0.05) is 12.5 Å². The Labute approximate surface area is 89.5 Å². The molecule has 80 valence electrons. The first-order valence-corrected chi connectivity index (χ1v) is 4.88. The molecule has 0 heterocycles. The molecule has 0 aliphatic carbocycles. The highest BCUT2D eigenvalue weighted by molar-refractivity contribution is 5.94. The van der Waals surface area contributed by atoms with E-state index in [1.165, 1.54) is 13.8 Å². The van der Waals surface area contributed by atoms with Gasteiger partial charge in [-0.05, 0) is 19.4 Å². The van der Waals surface area contributed by atoms with Crippen molar-refractivity contribution in [1.29, 1.82) is 0 Å². The molecule has 1 aromatic rings. The SMILES string of the molecule is CC(=O)N[C@@H](C)c1ccc(C(C)=O)cc1. The molecular formula is C12H15NO2. The number of ketones is 1. The number of nitrogens with one attached hydrogen (secondary N) is 1. The van der Waals surface area contributed by atoms with Crippen molar-refractivity contribution in [1.82, 2.24) is 5.32 Å². The maximum atomic E-state index is 11.0. The van der Waals surface area contributed by atoms with Gasteiger partial charge in [-0.15, -0.1) is 0 Å². The van der Waals surface area contributed by atoms with E-state index in [2.05, 4.69) is 5.32 Å². The molecule has 0 saturated heterocycles. The van der Waals surface area contributed by atoms with Gasteiger partial charge >= 0.3 is 0 Å². The number of rotatable bonds is 3. The molecule has 0 radical (unpaired) electrons. The van der Waals surface area contributed by atoms with E-state index >= 15 is 0 Å². The van der Waals surface area contributed by atoms with Crippen molar-refractivity contribution in [2.45, 2.75) is 26.8 Å². The first-order chi connectivity index (χ1) is 7.00. The highest BCUT2D eigenvalue weighted by Crippen LogP contribution is 2.13. The van der Waals surface area contributed by atoms with Gasteiger partial charge in [0.2, 0.25) is 5.91 Å². The van der Waals surface area contributed by atoms with Gasteiger partial charge in [-0.2, -0.15) is 0 Å². The average molecular weight is 205 g/mol. The average Bonchev–Trinajstić information content (AvgIpc) is 2.17. The molecule has 1 rings (SSSR count). The predicted octanol–water partition coefficient (Wildman–Crippen LogP) is 2.09. The summed E-state index contributed by atoms with van der Waals surface area (Å²) in [6.45, 7) is 4.93. The van der Waals surface area contributed by atoms with Gasteiger partial charge in [0.1, 0.15) is 0 Å². The minimum atomic E-state index is -0.0573. The Morgan fingerprint density at radius 1 is 1.13 bits per heavy atom. The van der Waals surface area contributed by atoms with Crippen LogP contribution < -0.4 is 5.32 Å². The lowest BCUT2D eigenvalue weighted by atomic mass is 10.0. The zero-order valence-electron chi connectivity index (χ0n) is 9.20. The van der Waals surface area contributed by atoms with Gasteiger partial charge in [0.05, 0.1) is 6.04 Å². The highest BCUT2D eigenvalue weighted by atomic mass is 16.1. The third-order valence-corrected chi connectivity index (χ3v) is 2.24. The van der Waals surface area contributed by atoms with Crippen LogP contribution in [-0.2, 0) is 4.79 Å². The summed E-state index contributed by atoms with van der Waals surface area (Å²) in [5, 5.41) is 2.78. The fourth-order valence-corrected chi connectivity index (χ4v) is 1.39. The quantitative estimate of drug-likeness (QED) is 0.768. The minimum Gasteiger partial charge on any atom is -0.350 e. The molecule has 0 aliphatic rings. The standard InChI is InChI=1S/C12H15NO2/c1-8(13-10(3)15)11-4-6-12(7-5-11)9(2)14/h4-8H,1-3H3,(H,13,15)/t8-/m0/s1. The Bertz CT molecular complexity index is 368. The third kappa shape index (κ3) is 3.20. The number of carbonyl (C=O) groups excluding carboxylic acids is 2. The molecule has 0 unspecified atom stereocenters. The monoisotopic (exact) mass is 205 g/mol. The Balaban J connectivity index is 2.79. The molecule has 0 saturated carbocycles. The molecule has 0 aliphatic heterocycles. The third-order valence-electron chi connectivity index (χ3n) is 2.24. The Kier molecular flexibility index (Phi) is 3.61. The van der Waals surface area contributed by atoms with Crippen LogP contribution in [0.1, 0.15) is 42.7 Å². The minimum absolute atomic E-state index is 0.0245. The molecule has 15 heavy (non-hydrogen) atoms. The molecule has 0 fully saturated rings. The zero-order chi connectivity index (χ0) is 11.4. The molecule has 1 aromatic carbocycles. The number of carbonyl (C=O) groups is 2. The summed E-state index contributed by atoms with van der Waals surface area (Å²) in [6.07, 6.45) is 0. The van der Waals surface area contributed by atoms with E-state index in [9.17, 15) is 9.59 Å². The predicted molar refractivity (Wildman–Crippen MR) is 58.7 cm³/mol. The number of benzene rings is 1. The summed E-state index contributed by atoms with van der Waals surface area (Å²) in [6, 6.07) is 7.24. The van der Waals surface area contributed by atoms with E-state index in [4.69, 9.17) is 0 Å². The molecular weight excluding hydrogens is 190 g/mol. The van der Waals surface area contributed by atoms with E-state index in [1.54, 1.807) is 12.1 Å². The van der Waals surface area contributed by atoms with Crippen LogP contribution in [0.5, 0.6) is 0 Å². The van der Waals surface area contributed by atoms with Gasteiger partial charge in [-0.1, -0.05) is 24.3 Å². The van der Waals surface area contributed by atoms with Gasteiger partial charge < -0.3 is 5.32 Å². The highest BCUT2D eigenvalue weighted by Gasteiger charge is 2.06. The lowest BCUT2D eigenvalue weighted by Gasteiger charge is -2.12. The van der Waals surface area contributed by atoms with Crippen LogP contribution in [0, 0.1) is 0 Å². The van der Waals surface area contributed by atoms with E-state index in [-0.39, 0.29) is 17.7 Å². The van der Waals surface area contributed by atoms with Crippen molar-refractivity contribution in [3.63, 3.8) is 0 Å². The second kappa shape index (κ2) is 4.73. The Hall–Kier alpha value is -1.64. The van der Waals surface area contributed by atoms with E-state index in [0.717, 1.165) is 5.56 Å². The van der Waals surface area contributed by atoms with Gasteiger partial charge in [0.25, 0.3) is 0 Å². The van der Waals surface area contributed by atoms with Crippen molar-refractivity contribution in [3.05, 3.63) is 35.4 Å². The maximum absolute atomic E-state index is 11.0. The van der Waals surface area contributed by atoms with Crippen LogP contribution in [0.4, 0.5) is 0 Å². The normalized spacial score (nSPS) is 11.9. The van der Waals surface area contributed by atoms with Gasteiger partial charge in [0.15, 0.2) is 5.78 Å². The largest absolute Gasteiger partial charge is 0.350 e. The fraction of sp³-hybridized carbons (Fsp3) is 0.333. The van der Waals surface area contributed by atoms with Gasteiger partial charge in [-0.25, -0.2) is 0 Å². The first kappa shape index (κ1) is 11.4. The van der Waals surface area contributed by atoms with E-state index in [1.807, 2.05) is 19.1 Å². The first-order valence-electron chi connectivity index (χ1n) is 4.88. The number of Topliss-reactive ketones (excluding diaryl/α,β-unsaturated/α-hetero) is 1. The fourth-order valence-electron chi connectivity index (χ4n) is 1.39. The van der Waals surface area contributed by atoms with Crippen LogP contribution in [0.25, 0.3) is 0 Å². The Morgan fingerprint density at radius 2 is 1.67 bits per heavy atom. The zero-order valence-corrected chi connectivity index (χ0v) is 9.20. The van der Waals surface area contributed by atoms with Crippen LogP contribution in [0.15, 0.2) is 24.3 Å². The summed E-state index contributed by atoms with van der Waals surface area (Å²) >= 11 is 0. The van der Waals surface area contributed by atoms with Crippen LogP contribution in [0.2, 0.25) is 0 Å². The molecule has 0 spiro atoms. The summed E-state index contributed by atoms with van der Waals surface area (Å²) in [5.41, 5.74) is 1.68. The van der Waals surface area contributed by atoms with Crippen molar-refractivity contribution in [3.8, 4) is 0 Å². The van der Waals surface area contributed by atoms with Crippen LogP contribution in [0.3, 0.4) is 0 Å². The molecule has 3 heteroatoms. The second-order valence-electron chi connectivity index (χ2n) is 3.60. The van der Waals surface area contributed by atoms with Crippen molar-refractivity contribution < 1.29 is 9.59 Å². The summed E-state index contributed by atoms with van der Waals surface area (Å²) in [7, 11) is 0. The molecule has 0 aromatic heterocycles. The molecule has 1 atom stereocenters. The molecule has 1 amide bonds. The number of amides is 1. The maximum Gasteiger partial charge on any atom is 0.217 e. The van der Waals surface area contributed by atoms with Crippen LogP contribution >= 0.6 is 0 Å². The summed E-state index contributed by atoms with van der Waals surface area (Å²) in [5.74, 6) is -0.00752. The summed E-state index contributed by atoms with van der Waals surface area (Å²) < 4.78 is 0. The number of hydrogen-bond donors (Lipinski definition) is 1. The van der Waals surface area contributed by atoms with Gasteiger partial charge in [-0.3, -0.25) is 9.59 Å².